The van der Waals surface area contributed by atoms with Crippen LogP contribution in [0.25, 0.3) is 0 Å². The van der Waals surface area contributed by atoms with Crippen LogP contribution in [0.5, 0.6) is 17.2 Å². The van der Waals surface area contributed by atoms with Gasteiger partial charge in [0.1, 0.15) is 34.2 Å². The quantitative estimate of drug-likeness (QED) is 0.791. The number of piperidine rings is 1. The van der Waals surface area contributed by atoms with Crippen molar-refractivity contribution < 1.29 is 28.2 Å². The number of halogens is 1. The summed E-state index contributed by atoms with van der Waals surface area (Å²) in [6, 6.07) is 9.03. The van der Waals surface area contributed by atoms with Gasteiger partial charge in [-0.25, -0.2) is 4.39 Å². The number of likely N-dealkylation sites (tertiary alicyclic amines) is 1. The highest BCUT2D eigenvalue weighted by molar-refractivity contribution is 6.03. The third-order valence-corrected chi connectivity index (χ3v) is 5.62. The minimum absolute atomic E-state index is 0.0457. The topological polar surface area (TPSA) is 65.1 Å². The van der Waals surface area contributed by atoms with Crippen LogP contribution in [0.4, 0.5) is 4.39 Å². The number of hydrogen-bond acceptors (Lipinski definition) is 5. The fourth-order valence-electron chi connectivity index (χ4n) is 4.05. The number of nitrogens with zero attached hydrogens (tertiary/aromatic N) is 1. The van der Waals surface area contributed by atoms with Crippen LogP contribution in [0, 0.1) is 5.82 Å². The van der Waals surface area contributed by atoms with Crippen LogP contribution in [-0.2, 0) is 0 Å². The van der Waals surface area contributed by atoms with E-state index in [0.717, 1.165) is 0 Å². The van der Waals surface area contributed by atoms with Gasteiger partial charge in [0.2, 0.25) is 0 Å². The molecule has 2 aliphatic rings. The van der Waals surface area contributed by atoms with E-state index >= 15 is 0 Å². The summed E-state index contributed by atoms with van der Waals surface area (Å²) in [5, 5.41) is 0. The minimum Gasteiger partial charge on any atom is -0.496 e. The fourth-order valence-corrected chi connectivity index (χ4v) is 4.05. The van der Waals surface area contributed by atoms with Crippen LogP contribution < -0.4 is 14.2 Å². The lowest BCUT2D eigenvalue weighted by atomic mass is 9.82. The Labute approximate surface area is 168 Å². The smallest absolute Gasteiger partial charge is 0.253 e. The van der Waals surface area contributed by atoms with Gasteiger partial charge >= 0.3 is 0 Å². The third-order valence-electron chi connectivity index (χ3n) is 5.62. The average molecular weight is 399 g/mol. The Hall–Kier alpha value is -3.09. The molecule has 0 N–H and O–H groups in total. The molecule has 2 aromatic rings. The number of carbonyl (C=O) groups is 2. The van der Waals surface area contributed by atoms with Gasteiger partial charge in [-0.05, 0) is 18.2 Å². The number of ether oxygens (including phenoxy) is 3. The maximum absolute atomic E-state index is 13.4. The van der Waals surface area contributed by atoms with Gasteiger partial charge in [-0.1, -0.05) is 6.07 Å². The second-order valence-electron chi connectivity index (χ2n) is 7.39. The summed E-state index contributed by atoms with van der Waals surface area (Å²) >= 11 is 0. The lowest BCUT2D eigenvalue weighted by Gasteiger charge is -2.44. The van der Waals surface area contributed by atoms with E-state index < -0.39 is 11.4 Å². The SMILES string of the molecule is COc1cc(OC)c2c(c1)OC1(CCN(C(=O)c3cccc(F)c3)CC1)CC2=O. The predicted molar refractivity (Wildman–Crippen MR) is 103 cm³/mol. The lowest BCUT2D eigenvalue weighted by Crippen LogP contribution is -2.52. The zero-order chi connectivity index (χ0) is 20.6. The highest BCUT2D eigenvalue weighted by Gasteiger charge is 2.45. The normalized spacial score (nSPS) is 17.5. The third kappa shape index (κ3) is 3.52. The Morgan fingerprint density at radius 2 is 1.90 bits per heavy atom. The molecule has 0 atom stereocenters. The Morgan fingerprint density at radius 1 is 1.14 bits per heavy atom. The molecule has 6 nitrogen and oxygen atoms in total. The molecule has 4 rings (SSSR count). The van der Waals surface area contributed by atoms with Crippen molar-refractivity contribution in [1.29, 1.82) is 0 Å². The van der Waals surface area contributed by atoms with Gasteiger partial charge in [-0.3, -0.25) is 9.59 Å². The molecular weight excluding hydrogens is 377 g/mol. The molecule has 152 valence electrons. The molecule has 0 saturated carbocycles. The largest absolute Gasteiger partial charge is 0.496 e. The van der Waals surface area contributed by atoms with Crippen molar-refractivity contribution in [2.75, 3.05) is 27.3 Å². The molecule has 1 spiro atoms. The molecule has 29 heavy (non-hydrogen) atoms. The Kier molecular flexibility index (Phi) is 4.90. The molecule has 1 fully saturated rings. The Morgan fingerprint density at radius 3 is 2.55 bits per heavy atom. The standard InChI is InChI=1S/C22H22FNO5/c1-27-16-11-18(28-2)20-17(25)13-22(29-19(20)12-16)6-8-24(9-7-22)21(26)14-4-3-5-15(23)10-14/h3-5,10-12H,6-9,13H2,1-2H3. The van der Waals surface area contributed by atoms with Crippen molar-refractivity contribution in [2.24, 2.45) is 0 Å². The molecule has 0 aromatic heterocycles. The number of rotatable bonds is 3. The summed E-state index contributed by atoms with van der Waals surface area (Å²) < 4.78 is 30.4. The van der Waals surface area contributed by atoms with Crippen molar-refractivity contribution in [3.63, 3.8) is 0 Å². The van der Waals surface area contributed by atoms with Gasteiger partial charge in [-0.15, -0.1) is 0 Å². The van der Waals surface area contributed by atoms with Crippen molar-refractivity contribution in [2.45, 2.75) is 24.9 Å². The molecule has 0 bridgehead atoms. The van der Waals surface area contributed by atoms with E-state index in [1.165, 1.54) is 32.4 Å². The number of methoxy groups -OCH3 is 2. The minimum atomic E-state index is -0.666. The molecule has 2 aromatic carbocycles. The van der Waals surface area contributed by atoms with Gasteiger partial charge in [0.05, 0.1) is 20.6 Å². The second kappa shape index (κ2) is 7.39. The lowest BCUT2D eigenvalue weighted by molar-refractivity contribution is -0.00611. The zero-order valence-corrected chi connectivity index (χ0v) is 16.4. The number of ketones is 1. The highest BCUT2D eigenvalue weighted by atomic mass is 19.1. The van der Waals surface area contributed by atoms with Crippen molar-refractivity contribution >= 4 is 11.7 Å². The zero-order valence-electron chi connectivity index (χ0n) is 16.4. The first-order chi connectivity index (χ1) is 13.9. The van der Waals surface area contributed by atoms with Crippen LogP contribution in [0.1, 0.15) is 40.0 Å². The fraction of sp³-hybridized carbons (Fsp3) is 0.364. The van der Waals surface area contributed by atoms with E-state index in [1.54, 1.807) is 23.1 Å². The summed E-state index contributed by atoms with van der Waals surface area (Å²) in [5.74, 6) is 0.718. The van der Waals surface area contributed by atoms with E-state index in [0.29, 0.717) is 54.3 Å². The molecule has 2 aliphatic heterocycles. The van der Waals surface area contributed by atoms with Crippen LogP contribution in [0.15, 0.2) is 36.4 Å². The van der Waals surface area contributed by atoms with Gasteiger partial charge in [0, 0.05) is 43.6 Å². The summed E-state index contributed by atoms with van der Waals surface area (Å²) in [6.45, 7) is 0.859. The predicted octanol–water partition coefficient (Wildman–Crippen LogP) is 3.48. The summed E-state index contributed by atoms with van der Waals surface area (Å²) in [5.41, 5.74) is 0.0822. The monoisotopic (exact) mass is 399 g/mol. The number of benzene rings is 2. The Bertz CT molecular complexity index is 966. The number of Topliss-reactive ketones (excluding diaryl/α,β-unsaturated/α-hetero) is 1. The van der Waals surface area contributed by atoms with E-state index in [2.05, 4.69) is 0 Å². The maximum atomic E-state index is 13.4. The number of amides is 1. The van der Waals surface area contributed by atoms with Crippen LogP contribution >= 0.6 is 0 Å². The first kappa shape index (κ1) is 19.2. The van der Waals surface area contributed by atoms with Crippen LogP contribution in [-0.4, -0.2) is 49.5 Å². The number of fused-ring (bicyclic) bond motifs is 1. The maximum Gasteiger partial charge on any atom is 0.253 e. The van der Waals surface area contributed by atoms with Gasteiger partial charge in [0.25, 0.3) is 5.91 Å². The van der Waals surface area contributed by atoms with E-state index in [1.807, 2.05) is 0 Å². The average Bonchev–Trinajstić information content (AvgIpc) is 2.72. The van der Waals surface area contributed by atoms with Crippen LogP contribution in [0.3, 0.4) is 0 Å². The van der Waals surface area contributed by atoms with Gasteiger partial charge in [-0.2, -0.15) is 0 Å². The molecule has 0 aliphatic carbocycles. The summed E-state index contributed by atoms with van der Waals surface area (Å²) in [6.07, 6.45) is 1.25. The van der Waals surface area contributed by atoms with Crippen molar-refractivity contribution in [1.82, 2.24) is 4.90 Å². The summed E-state index contributed by atoms with van der Waals surface area (Å²) in [4.78, 5) is 27.2. The molecule has 7 heteroatoms. The van der Waals surface area contributed by atoms with Gasteiger partial charge < -0.3 is 19.1 Å². The molecule has 1 amide bonds. The number of carbonyl (C=O) groups excluding carboxylic acids is 2. The molecule has 0 unspecified atom stereocenters. The highest BCUT2D eigenvalue weighted by Crippen LogP contribution is 2.44. The second-order valence-corrected chi connectivity index (χ2v) is 7.39. The molecule has 0 radical (unpaired) electrons. The molecule has 2 heterocycles. The van der Waals surface area contributed by atoms with Crippen molar-refractivity contribution in [3.05, 3.63) is 53.3 Å². The van der Waals surface area contributed by atoms with E-state index in [4.69, 9.17) is 14.2 Å². The first-order valence-electron chi connectivity index (χ1n) is 9.48. The summed E-state index contributed by atoms with van der Waals surface area (Å²) in [7, 11) is 3.04. The molecule has 1 saturated heterocycles. The number of hydrogen-bond donors (Lipinski definition) is 0. The van der Waals surface area contributed by atoms with Crippen molar-refractivity contribution in [3.8, 4) is 17.2 Å². The van der Waals surface area contributed by atoms with Crippen LogP contribution in [0.2, 0.25) is 0 Å². The van der Waals surface area contributed by atoms with E-state index in [-0.39, 0.29) is 18.1 Å². The van der Waals surface area contributed by atoms with E-state index in [9.17, 15) is 14.0 Å². The van der Waals surface area contributed by atoms with Gasteiger partial charge in [0.15, 0.2) is 5.78 Å². The Balaban J connectivity index is 1.53. The first-order valence-corrected chi connectivity index (χ1v) is 9.48. The molecular formula is C22H22FNO5.